The van der Waals surface area contributed by atoms with Gasteiger partial charge in [-0.25, -0.2) is 9.97 Å². The van der Waals surface area contributed by atoms with Crippen molar-refractivity contribution < 1.29 is 17.6 Å². The zero-order chi connectivity index (χ0) is 12.3. The van der Waals surface area contributed by atoms with E-state index in [4.69, 9.17) is 4.42 Å². The highest BCUT2D eigenvalue weighted by Crippen LogP contribution is 2.20. The Hall–Kier alpha value is -2.05. The molecule has 7 heteroatoms. The first-order chi connectivity index (χ1) is 8.04. The Kier molecular flexibility index (Phi) is 2.99. The Morgan fingerprint density at radius 2 is 2.12 bits per heavy atom. The van der Waals surface area contributed by atoms with Crippen LogP contribution in [0.15, 0.2) is 35.4 Å². The van der Waals surface area contributed by atoms with E-state index < -0.39 is 12.7 Å². The van der Waals surface area contributed by atoms with Crippen LogP contribution in [0.4, 0.5) is 19.0 Å². The molecule has 2 rings (SSSR count). The Labute approximate surface area is 94.5 Å². The predicted molar refractivity (Wildman–Crippen MR) is 54.3 cm³/mol. The van der Waals surface area contributed by atoms with Gasteiger partial charge in [0, 0.05) is 11.6 Å². The third-order valence-electron chi connectivity index (χ3n) is 1.95. The highest BCUT2D eigenvalue weighted by molar-refractivity contribution is 5.60. The minimum absolute atomic E-state index is 0.119. The summed E-state index contributed by atoms with van der Waals surface area (Å²) in [7, 11) is 0. The normalized spacial score (nSPS) is 11.5. The van der Waals surface area contributed by atoms with Gasteiger partial charge < -0.3 is 9.73 Å². The molecule has 0 aliphatic rings. The summed E-state index contributed by atoms with van der Waals surface area (Å²) in [6.45, 7) is -1.13. The molecule has 0 fully saturated rings. The van der Waals surface area contributed by atoms with E-state index in [1.807, 2.05) is 0 Å². The van der Waals surface area contributed by atoms with E-state index in [1.54, 1.807) is 6.07 Å². The van der Waals surface area contributed by atoms with E-state index in [9.17, 15) is 13.2 Å². The van der Waals surface area contributed by atoms with Crippen LogP contribution in [-0.2, 0) is 0 Å². The summed E-state index contributed by atoms with van der Waals surface area (Å²) in [5.41, 5.74) is 1.18. The van der Waals surface area contributed by atoms with Gasteiger partial charge in [0.15, 0.2) is 0 Å². The number of hydrogen-bond acceptors (Lipinski definition) is 4. The van der Waals surface area contributed by atoms with Crippen LogP contribution in [0.25, 0.3) is 11.3 Å². The van der Waals surface area contributed by atoms with Gasteiger partial charge in [0.25, 0.3) is 0 Å². The van der Waals surface area contributed by atoms with E-state index in [1.165, 1.54) is 24.9 Å². The van der Waals surface area contributed by atoms with Crippen molar-refractivity contribution in [3.05, 3.63) is 31.0 Å². The molecule has 17 heavy (non-hydrogen) atoms. The van der Waals surface area contributed by atoms with Crippen molar-refractivity contribution in [2.24, 2.45) is 0 Å². The molecule has 0 aromatic carbocycles. The van der Waals surface area contributed by atoms with Gasteiger partial charge in [-0.15, -0.1) is 0 Å². The van der Waals surface area contributed by atoms with E-state index in [2.05, 4.69) is 15.3 Å². The van der Waals surface area contributed by atoms with Crippen molar-refractivity contribution in [1.29, 1.82) is 0 Å². The van der Waals surface area contributed by atoms with Crippen LogP contribution in [0.1, 0.15) is 0 Å². The maximum absolute atomic E-state index is 12.0. The first-order valence-electron chi connectivity index (χ1n) is 4.70. The zero-order valence-corrected chi connectivity index (χ0v) is 8.53. The molecular weight excluding hydrogens is 235 g/mol. The van der Waals surface area contributed by atoms with Crippen LogP contribution in [0.3, 0.4) is 0 Å². The number of anilines is 1. The van der Waals surface area contributed by atoms with Gasteiger partial charge in [0.2, 0.25) is 0 Å². The molecule has 0 bridgehead atoms. The molecule has 0 saturated heterocycles. The van der Waals surface area contributed by atoms with Gasteiger partial charge in [0.05, 0.1) is 18.2 Å². The number of aromatic nitrogens is 2. The van der Waals surface area contributed by atoms with E-state index in [-0.39, 0.29) is 5.82 Å². The number of alkyl halides is 3. The molecule has 1 N–H and O–H groups in total. The lowest BCUT2D eigenvalue weighted by molar-refractivity contribution is -0.115. The van der Waals surface area contributed by atoms with Crippen LogP contribution in [0, 0.1) is 0 Å². The van der Waals surface area contributed by atoms with Crippen molar-refractivity contribution in [3.8, 4) is 11.3 Å². The second kappa shape index (κ2) is 4.44. The fourth-order valence-corrected chi connectivity index (χ4v) is 1.21. The van der Waals surface area contributed by atoms with Gasteiger partial charge in [-0.1, -0.05) is 0 Å². The number of furan rings is 1. The van der Waals surface area contributed by atoms with Gasteiger partial charge >= 0.3 is 6.18 Å². The molecule has 0 amide bonds. The Balaban J connectivity index is 2.12. The van der Waals surface area contributed by atoms with Gasteiger partial charge in [-0.05, 0) is 6.07 Å². The lowest BCUT2D eigenvalue weighted by atomic mass is 10.2. The summed E-state index contributed by atoms with van der Waals surface area (Å²) in [5, 5.41) is 2.18. The zero-order valence-electron chi connectivity index (χ0n) is 8.53. The van der Waals surface area contributed by atoms with Crippen molar-refractivity contribution in [1.82, 2.24) is 9.97 Å². The topological polar surface area (TPSA) is 51.0 Å². The SMILES string of the molecule is FC(F)(F)CNc1cc(-c2ccoc2)ncn1. The minimum Gasteiger partial charge on any atom is -0.472 e. The maximum Gasteiger partial charge on any atom is 0.405 e. The lowest BCUT2D eigenvalue weighted by Crippen LogP contribution is -2.21. The first kappa shape index (κ1) is 11.4. The van der Waals surface area contributed by atoms with Crippen LogP contribution in [0.2, 0.25) is 0 Å². The highest BCUT2D eigenvalue weighted by Gasteiger charge is 2.26. The summed E-state index contributed by atoms with van der Waals surface area (Å²) in [6, 6.07) is 3.09. The number of nitrogens with zero attached hydrogens (tertiary/aromatic N) is 2. The molecule has 0 atom stereocenters. The summed E-state index contributed by atoms with van der Waals surface area (Å²) in [4.78, 5) is 7.63. The Morgan fingerprint density at radius 1 is 1.29 bits per heavy atom. The van der Waals surface area contributed by atoms with E-state index in [0.29, 0.717) is 11.3 Å². The minimum atomic E-state index is -4.28. The summed E-state index contributed by atoms with van der Waals surface area (Å²) >= 11 is 0. The standard InChI is InChI=1S/C10H8F3N3O/c11-10(12,13)5-14-9-3-8(15-6-16-9)7-1-2-17-4-7/h1-4,6H,5H2,(H,14,15,16). The molecule has 90 valence electrons. The van der Waals surface area contributed by atoms with Crippen molar-refractivity contribution in [2.75, 3.05) is 11.9 Å². The van der Waals surface area contributed by atoms with Crippen molar-refractivity contribution in [2.45, 2.75) is 6.18 Å². The molecule has 0 saturated carbocycles. The molecule has 2 aromatic heterocycles. The third-order valence-corrected chi connectivity index (χ3v) is 1.95. The molecule has 0 radical (unpaired) electrons. The summed E-state index contributed by atoms with van der Waals surface area (Å²) < 4.78 is 40.8. The predicted octanol–water partition coefficient (Wildman–Crippen LogP) is 2.71. The molecule has 0 aliphatic carbocycles. The monoisotopic (exact) mass is 243 g/mol. The van der Waals surface area contributed by atoms with Gasteiger partial charge in [-0.3, -0.25) is 0 Å². The largest absolute Gasteiger partial charge is 0.472 e. The molecule has 0 spiro atoms. The number of hydrogen-bond donors (Lipinski definition) is 1. The number of halogens is 3. The number of rotatable bonds is 3. The number of nitrogens with one attached hydrogen (secondary N) is 1. The maximum atomic E-state index is 12.0. The fourth-order valence-electron chi connectivity index (χ4n) is 1.21. The van der Waals surface area contributed by atoms with E-state index >= 15 is 0 Å². The summed E-state index contributed by atoms with van der Waals surface area (Å²) in [5.74, 6) is 0.119. The molecule has 0 aliphatic heterocycles. The average molecular weight is 243 g/mol. The van der Waals surface area contributed by atoms with Crippen LogP contribution in [-0.4, -0.2) is 22.7 Å². The first-order valence-corrected chi connectivity index (χ1v) is 4.70. The second-order valence-corrected chi connectivity index (χ2v) is 3.27. The molecule has 2 aromatic rings. The lowest BCUT2D eigenvalue weighted by Gasteiger charge is -2.08. The van der Waals surface area contributed by atoms with E-state index in [0.717, 1.165) is 0 Å². The second-order valence-electron chi connectivity index (χ2n) is 3.27. The quantitative estimate of drug-likeness (QED) is 0.900. The molecule has 4 nitrogen and oxygen atoms in total. The summed E-state index contributed by atoms with van der Waals surface area (Å²) in [6.07, 6.45) is -0.169. The molecule has 0 unspecified atom stereocenters. The third kappa shape index (κ3) is 3.20. The highest BCUT2D eigenvalue weighted by atomic mass is 19.4. The van der Waals surface area contributed by atoms with Crippen molar-refractivity contribution in [3.63, 3.8) is 0 Å². The van der Waals surface area contributed by atoms with Crippen LogP contribution in [0.5, 0.6) is 0 Å². The molecular formula is C10H8F3N3O. The van der Waals surface area contributed by atoms with Gasteiger partial charge in [-0.2, -0.15) is 13.2 Å². The van der Waals surface area contributed by atoms with Crippen LogP contribution >= 0.6 is 0 Å². The Bertz CT molecular complexity index is 482. The van der Waals surface area contributed by atoms with Crippen LogP contribution < -0.4 is 5.32 Å². The smallest absolute Gasteiger partial charge is 0.405 e. The average Bonchev–Trinajstić information content (AvgIpc) is 2.79. The fraction of sp³-hybridized carbons (Fsp3) is 0.200. The van der Waals surface area contributed by atoms with Crippen molar-refractivity contribution >= 4 is 5.82 Å². The van der Waals surface area contributed by atoms with Gasteiger partial charge in [0.1, 0.15) is 18.7 Å². The molecule has 2 heterocycles. The Morgan fingerprint density at radius 3 is 2.76 bits per heavy atom.